The van der Waals surface area contributed by atoms with Crippen molar-refractivity contribution in [2.45, 2.75) is 25.7 Å². The molecule has 12 heteroatoms. The molecular weight excluding hydrogens is 471 g/mol. The van der Waals surface area contributed by atoms with E-state index in [4.69, 9.17) is 32.9 Å². The quantitative estimate of drug-likeness (QED) is 0.611. The molecule has 178 valence electrons. The number of imide groups is 1. The van der Waals surface area contributed by atoms with Gasteiger partial charge in [0.1, 0.15) is 0 Å². The third-order valence-corrected chi connectivity index (χ3v) is 6.73. The van der Waals surface area contributed by atoms with Crippen LogP contribution < -0.4 is 5.32 Å². The number of ether oxygens (including phenoxy) is 1. The van der Waals surface area contributed by atoms with Gasteiger partial charge >= 0.3 is 12.0 Å². The summed E-state index contributed by atoms with van der Waals surface area (Å²) in [7, 11) is 1.63. The number of piperazine rings is 1. The summed E-state index contributed by atoms with van der Waals surface area (Å²) in [6.45, 7) is 5.29. The minimum absolute atomic E-state index is 0.242. The molecule has 3 aliphatic rings. The molecule has 2 unspecified atom stereocenters. The van der Waals surface area contributed by atoms with Crippen molar-refractivity contribution in [1.29, 1.82) is 0 Å². The van der Waals surface area contributed by atoms with E-state index in [1.165, 1.54) is 4.90 Å². The largest absolute Gasteiger partial charge is 0.465 e. The molecule has 33 heavy (non-hydrogen) atoms. The number of aliphatic imine (C=N–C) groups is 1. The molecule has 10 nitrogen and oxygen atoms in total. The van der Waals surface area contributed by atoms with E-state index in [0.29, 0.717) is 55.3 Å². The summed E-state index contributed by atoms with van der Waals surface area (Å²) in [5.74, 6) is 0.0136. The molecule has 0 aromatic heterocycles. The van der Waals surface area contributed by atoms with Crippen molar-refractivity contribution < 1.29 is 19.1 Å². The number of benzene rings is 1. The van der Waals surface area contributed by atoms with Gasteiger partial charge in [0.15, 0.2) is 18.2 Å². The number of carbonyl (C=O) groups excluding carboxylic acids is 3. The Labute approximate surface area is 202 Å². The van der Waals surface area contributed by atoms with Gasteiger partial charge in [-0.15, -0.1) is 0 Å². The van der Waals surface area contributed by atoms with Gasteiger partial charge in [0.25, 0.3) is 5.91 Å². The summed E-state index contributed by atoms with van der Waals surface area (Å²) in [5.41, 5.74) is 0.867. The van der Waals surface area contributed by atoms with Crippen LogP contribution in [0.3, 0.4) is 0 Å². The second-order valence-corrected chi connectivity index (χ2v) is 8.95. The fourth-order valence-electron chi connectivity index (χ4n) is 4.27. The number of halogens is 2. The van der Waals surface area contributed by atoms with Gasteiger partial charge in [-0.1, -0.05) is 29.3 Å². The Morgan fingerprint density at radius 3 is 2.58 bits per heavy atom. The molecule has 1 aromatic carbocycles. The van der Waals surface area contributed by atoms with Gasteiger partial charge in [0, 0.05) is 39.8 Å². The molecule has 1 aromatic rings. The van der Waals surface area contributed by atoms with Crippen molar-refractivity contribution in [2.24, 2.45) is 4.99 Å². The van der Waals surface area contributed by atoms with Crippen LogP contribution in [-0.2, 0) is 20.9 Å². The van der Waals surface area contributed by atoms with E-state index >= 15 is 0 Å². The molecule has 0 radical (unpaired) electrons. The summed E-state index contributed by atoms with van der Waals surface area (Å²) in [6.07, 6.45) is -0.624. The van der Waals surface area contributed by atoms with Gasteiger partial charge in [0.05, 0.1) is 23.2 Å². The van der Waals surface area contributed by atoms with Crippen LogP contribution in [0.5, 0.6) is 0 Å². The maximum absolute atomic E-state index is 12.8. The highest BCUT2D eigenvalue weighted by molar-refractivity contribution is 6.42. The van der Waals surface area contributed by atoms with Crippen LogP contribution in [0.25, 0.3) is 0 Å². The Morgan fingerprint density at radius 2 is 1.91 bits per heavy atom. The number of nitrogens with one attached hydrogen (secondary N) is 1. The van der Waals surface area contributed by atoms with Gasteiger partial charge in [-0.2, -0.15) is 0 Å². The highest BCUT2D eigenvalue weighted by atomic mass is 35.5. The zero-order valence-corrected chi connectivity index (χ0v) is 20.0. The summed E-state index contributed by atoms with van der Waals surface area (Å²) in [5, 5.41) is 3.29. The Balaban J connectivity index is 1.55. The van der Waals surface area contributed by atoms with Crippen molar-refractivity contribution in [3.05, 3.63) is 33.8 Å². The Kier molecular flexibility index (Phi) is 6.96. The lowest BCUT2D eigenvalue weighted by Gasteiger charge is -2.40. The second-order valence-electron chi connectivity index (χ2n) is 8.14. The highest BCUT2D eigenvalue weighted by Crippen LogP contribution is 2.29. The second kappa shape index (κ2) is 9.74. The number of hydrogen-bond donors (Lipinski definition) is 1. The van der Waals surface area contributed by atoms with Crippen molar-refractivity contribution in [1.82, 2.24) is 24.9 Å². The first-order chi connectivity index (χ1) is 15.8. The monoisotopic (exact) mass is 496 g/mol. The molecule has 2 saturated heterocycles. The topological polar surface area (TPSA) is 97.8 Å². The Morgan fingerprint density at radius 1 is 1.18 bits per heavy atom. The molecular formula is C21H26Cl2N6O4. The maximum Gasteiger partial charge on any atom is 0.325 e. The first kappa shape index (κ1) is 23.6. The number of guanidine groups is 1. The van der Waals surface area contributed by atoms with Gasteiger partial charge in [-0.3, -0.25) is 19.8 Å². The van der Waals surface area contributed by atoms with E-state index in [9.17, 15) is 14.4 Å². The zero-order valence-electron chi connectivity index (χ0n) is 18.5. The van der Waals surface area contributed by atoms with E-state index in [0.717, 1.165) is 5.56 Å². The third kappa shape index (κ3) is 4.87. The van der Waals surface area contributed by atoms with E-state index in [1.807, 2.05) is 15.9 Å². The van der Waals surface area contributed by atoms with Gasteiger partial charge < -0.3 is 19.4 Å². The highest BCUT2D eigenvalue weighted by Gasteiger charge is 2.49. The summed E-state index contributed by atoms with van der Waals surface area (Å²) in [4.78, 5) is 49.1. The number of fused-ring (bicyclic) bond motifs is 1. The molecule has 0 spiro atoms. The predicted molar refractivity (Wildman–Crippen MR) is 123 cm³/mol. The lowest BCUT2D eigenvalue weighted by Crippen LogP contribution is -2.64. The SMILES string of the molecule is CCOC(=O)CN1CCN(C2=NC3C(C(=O)NC(=O)N3C)N2Cc2ccc(Cl)c(Cl)c2)CC1. The third-order valence-electron chi connectivity index (χ3n) is 5.99. The fourth-order valence-corrected chi connectivity index (χ4v) is 4.59. The lowest BCUT2D eigenvalue weighted by molar-refractivity contribution is -0.144. The zero-order chi connectivity index (χ0) is 23.7. The average Bonchev–Trinajstić information content (AvgIpc) is 3.15. The lowest BCUT2D eigenvalue weighted by atomic mass is 10.1. The number of esters is 1. The number of hydrogen-bond acceptors (Lipinski definition) is 8. The average molecular weight is 497 g/mol. The van der Waals surface area contributed by atoms with E-state index in [-0.39, 0.29) is 18.4 Å². The van der Waals surface area contributed by atoms with Crippen LogP contribution >= 0.6 is 23.2 Å². The summed E-state index contributed by atoms with van der Waals surface area (Å²) >= 11 is 12.3. The normalized spacial score (nSPS) is 23.4. The Bertz CT molecular complexity index is 982. The molecule has 1 N–H and O–H groups in total. The minimum Gasteiger partial charge on any atom is -0.465 e. The maximum atomic E-state index is 12.8. The Hall–Kier alpha value is -2.56. The van der Waals surface area contributed by atoms with E-state index in [2.05, 4.69) is 10.2 Å². The molecule has 0 bridgehead atoms. The van der Waals surface area contributed by atoms with Crippen molar-refractivity contribution in [3.63, 3.8) is 0 Å². The van der Waals surface area contributed by atoms with Gasteiger partial charge in [-0.25, -0.2) is 9.79 Å². The molecule has 0 saturated carbocycles. The van der Waals surface area contributed by atoms with Crippen molar-refractivity contribution >= 4 is 47.1 Å². The van der Waals surface area contributed by atoms with E-state index < -0.39 is 18.2 Å². The fraction of sp³-hybridized carbons (Fsp3) is 0.524. The molecule has 2 fully saturated rings. The van der Waals surface area contributed by atoms with Crippen LogP contribution in [0.4, 0.5) is 4.79 Å². The smallest absolute Gasteiger partial charge is 0.325 e. The van der Waals surface area contributed by atoms with E-state index in [1.54, 1.807) is 26.1 Å². The molecule has 3 amide bonds. The molecule has 0 aliphatic carbocycles. The number of amides is 3. The number of likely N-dealkylation sites (N-methyl/N-ethyl adjacent to an activating group) is 1. The number of carbonyl (C=O) groups is 3. The van der Waals surface area contributed by atoms with Gasteiger partial charge in [0.2, 0.25) is 0 Å². The molecule has 2 atom stereocenters. The summed E-state index contributed by atoms with van der Waals surface area (Å²) in [6, 6.07) is 4.21. The van der Waals surface area contributed by atoms with Gasteiger partial charge in [-0.05, 0) is 24.6 Å². The molecule has 3 heterocycles. The van der Waals surface area contributed by atoms with Crippen LogP contribution in [0.1, 0.15) is 12.5 Å². The van der Waals surface area contributed by atoms with Crippen LogP contribution in [0.2, 0.25) is 10.0 Å². The standard InChI is InChI=1S/C21H26Cl2N6O4/c1-3-33-16(30)12-27-6-8-28(9-7-27)20-24-18-17(19(31)25-21(32)26(18)2)29(20)11-13-4-5-14(22)15(23)10-13/h4-5,10,17-18H,3,6-9,11-12H2,1-2H3,(H,25,31,32). The van der Waals surface area contributed by atoms with Crippen LogP contribution in [0, 0.1) is 0 Å². The van der Waals surface area contributed by atoms with Crippen molar-refractivity contribution in [3.8, 4) is 0 Å². The van der Waals surface area contributed by atoms with Crippen LogP contribution in [-0.4, -0.2) is 102 Å². The minimum atomic E-state index is -0.658. The first-order valence-corrected chi connectivity index (χ1v) is 11.5. The summed E-state index contributed by atoms with van der Waals surface area (Å²) < 4.78 is 5.04. The van der Waals surface area contributed by atoms with Crippen LogP contribution in [0.15, 0.2) is 23.2 Å². The first-order valence-electron chi connectivity index (χ1n) is 10.8. The number of urea groups is 1. The van der Waals surface area contributed by atoms with Crippen molar-refractivity contribution in [2.75, 3.05) is 46.4 Å². The predicted octanol–water partition coefficient (Wildman–Crippen LogP) is 1.22. The number of rotatable bonds is 5. The molecule has 4 rings (SSSR count). The molecule has 3 aliphatic heterocycles. The number of nitrogens with zero attached hydrogens (tertiary/aromatic N) is 5.